The minimum atomic E-state index is 0. The summed E-state index contributed by atoms with van der Waals surface area (Å²) in [6.07, 6.45) is 6.57. The van der Waals surface area contributed by atoms with Crippen molar-refractivity contribution in [2.75, 3.05) is 0 Å². The molecule has 1 nitrogen and oxygen atoms in total. The summed E-state index contributed by atoms with van der Waals surface area (Å²) >= 11 is 0. The molecule has 4 heteroatoms. The summed E-state index contributed by atoms with van der Waals surface area (Å²) in [4.78, 5) is 9.99. The molecule has 0 amide bonds. The second kappa shape index (κ2) is 7.62. The molecule has 1 rings (SSSR count). The summed E-state index contributed by atoms with van der Waals surface area (Å²) in [5, 5.41) is 0. The molecule has 0 saturated carbocycles. The summed E-state index contributed by atoms with van der Waals surface area (Å²) in [6, 6.07) is 0. The van der Waals surface area contributed by atoms with E-state index in [1.165, 1.54) is 0 Å². The van der Waals surface area contributed by atoms with E-state index in [9.17, 15) is 4.79 Å². The topological polar surface area (TPSA) is 17.1 Å². The third-order valence-corrected chi connectivity index (χ3v) is 1.29. The SMILES string of the molecule is CC1=C([C-]=O)CC=C1.F.F.[Co]. The molecule has 0 spiro atoms. The Labute approximate surface area is 74.5 Å². The van der Waals surface area contributed by atoms with Crippen molar-refractivity contribution >= 4 is 6.29 Å². The maximum atomic E-state index is 9.99. The van der Waals surface area contributed by atoms with Crippen LogP contribution in [0.15, 0.2) is 23.3 Å². The van der Waals surface area contributed by atoms with Gasteiger partial charge < -0.3 is 4.79 Å². The molecule has 0 aromatic heterocycles. The monoisotopic (exact) mass is 206 g/mol. The molecule has 1 aliphatic rings. The Hall–Kier alpha value is -0.484. The number of rotatable bonds is 1. The van der Waals surface area contributed by atoms with E-state index in [0.29, 0.717) is 0 Å². The van der Waals surface area contributed by atoms with Gasteiger partial charge in [0.1, 0.15) is 0 Å². The molecule has 0 unspecified atom stereocenters. The van der Waals surface area contributed by atoms with Crippen molar-refractivity contribution in [3.63, 3.8) is 0 Å². The van der Waals surface area contributed by atoms with Gasteiger partial charge >= 0.3 is 0 Å². The molecule has 1 radical (unpaired) electrons. The number of carbonyl (C=O) groups excluding carboxylic acids is 1. The maximum absolute atomic E-state index is 9.99. The van der Waals surface area contributed by atoms with Crippen LogP contribution in [0.5, 0.6) is 0 Å². The molecule has 0 heterocycles. The molecular weight excluding hydrogens is 197 g/mol. The molecule has 0 saturated heterocycles. The van der Waals surface area contributed by atoms with Crippen molar-refractivity contribution in [1.29, 1.82) is 0 Å². The number of hydrogen-bond donors (Lipinski definition) is 0. The van der Waals surface area contributed by atoms with Crippen LogP contribution in [0.1, 0.15) is 13.3 Å². The molecule has 0 aliphatic heterocycles. The Bertz CT molecular complexity index is 175. The van der Waals surface area contributed by atoms with Crippen LogP contribution in [0, 0.1) is 0 Å². The fraction of sp³-hybridized carbons (Fsp3) is 0.286. The quantitative estimate of drug-likeness (QED) is 0.596. The molecule has 0 aromatic carbocycles. The Morgan fingerprint density at radius 1 is 1.45 bits per heavy atom. The van der Waals surface area contributed by atoms with Crippen LogP contribution >= 0.6 is 0 Å². The van der Waals surface area contributed by atoms with Gasteiger partial charge in [-0.3, -0.25) is 9.41 Å². The normalized spacial score (nSPS) is 12.8. The van der Waals surface area contributed by atoms with E-state index in [4.69, 9.17) is 0 Å². The number of hydrogen-bond acceptors (Lipinski definition) is 1. The van der Waals surface area contributed by atoms with E-state index in [2.05, 4.69) is 0 Å². The summed E-state index contributed by atoms with van der Waals surface area (Å²) in [6.45, 7) is 1.92. The molecule has 67 valence electrons. The molecule has 0 N–H and O–H groups in total. The average molecular weight is 206 g/mol. The standard InChI is InChI=1S/C7H7O.Co.2FH/c1-6-3-2-4-7(6)5-8;;;/h2-3H,4H2,1H3;;2*1H/q-1;;;. The second-order valence-corrected chi connectivity index (χ2v) is 1.87. The van der Waals surface area contributed by atoms with Gasteiger partial charge in [0, 0.05) is 16.8 Å². The molecule has 0 aromatic rings. The number of halogens is 2. The molecule has 1 aliphatic carbocycles. The van der Waals surface area contributed by atoms with Crippen molar-refractivity contribution in [2.45, 2.75) is 13.3 Å². The first-order valence-electron chi connectivity index (χ1n) is 2.59. The third-order valence-electron chi connectivity index (χ3n) is 1.29. The van der Waals surface area contributed by atoms with Crippen molar-refractivity contribution in [1.82, 2.24) is 0 Å². The van der Waals surface area contributed by atoms with Gasteiger partial charge in [0.15, 0.2) is 0 Å². The predicted molar refractivity (Wildman–Crippen MR) is 37.2 cm³/mol. The predicted octanol–water partition coefficient (Wildman–Crippen LogP) is 1.67. The minimum absolute atomic E-state index is 0. The van der Waals surface area contributed by atoms with Crippen LogP contribution in [0.3, 0.4) is 0 Å². The van der Waals surface area contributed by atoms with Crippen LogP contribution < -0.4 is 0 Å². The zero-order valence-electron chi connectivity index (χ0n) is 5.92. The summed E-state index contributed by atoms with van der Waals surface area (Å²) in [5.41, 5.74) is 1.85. The van der Waals surface area contributed by atoms with Gasteiger partial charge in [-0.1, -0.05) is 0 Å². The van der Waals surface area contributed by atoms with Gasteiger partial charge in [-0.05, 0) is 12.7 Å². The van der Waals surface area contributed by atoms with E-state index in [1.54, 1.807) is 0 Å². The second-order valence-electron chi connectivity index (χ2n) is 1.87. The van der Waals surface area contributed by atoms with Crippen molar-refractivity contribution in [2.24, 2.45) is 0 Å². The van der Waals surface area contributed by atoms with E-state index in [1.807, 2.05) is 25.4 Å². The van der Waals surface area contributed by atoms with Crippen LogP contribution in [-0.2, 0) is 21.6 Å². The van der Waals surface area contributed by atoms with E-state index < -0.39 is 0 Å². The zero-order valence-corrected chi connectivity index (χ0v) is 6.96. The first kappa shape index (κ1) is 16.9. The van der Waals surface area contributed by atoms with E-state index >= 15 is 0 Å². The van der Waals surface area contributed by atoms with Crippen molar-refractivity contribution in [3.05, 3.63) is 23.3 Å². The first-order valence-corrected chi connectivity index (χ1v) is 2.59. The first-order chi connectivity index (χ1) is 3.84. The van der Waals surface area contributed by atoms with E-state index in [0.717, 1.165) is 17.6 Å². The minimum Gasteiger partial charge on any atom is -0.419 e. The van der Waals surface area contributed by atoms with Crippen molar-refractivity contribution < 1.29 is 31.0 Å². The summed E-state index contributed by atoms with van der Waals surface area (Å²) < 4.78 is 0. The van der Waals surface area contributed by atoms with Gasteiger partial charge in [0.2, 0.25) is 0 Å². The zero-order chi connectivity index (χ0) is 5.98. The van der Waals surface area contributed by atoms with E-state index in [-0.39, 0.29) is 26.2 Å². The van der Waals surface area contributed by atoms with Gasteiger partial charge in [0.25, 0.3) is 0 Å². The van der Waals surface area contributed by atoms with Crippen molar-refractivity contribution in [3.8, 4) is 0 Å². The van der Waals surface area contributed by atoms with Gasteiger partial charge in [0.05, 0.1) is 0 Å². The largest absolute Gasteiger partial charge is 0.419 e. The third kappa shape index (κ3) is 4.05. The fourth-order valence-corrected chi connectivity index (χ4v) is 0.737. The molecule has 0 fully saturated rings. The molecule has 0 bridgehead atoms. The number of allylic oxidation sites excluding steroid dienone is 4. The summed E-state index contributed by atoms with van der Waals surface area (Å²) in [7, 11) is 0. The smallest absolute Gasteiger partial charge is 0 e. The molecule has 0 atom stereocenters. The van der Waals surface area contributed by atoms with Crippen LogP contribution in [-0.4, -0.2) is 6.29 Å². The molecular formula is C7H9CoF2O-. The Morgan fingerprint density at radius 2 is 2.00 bits per heavy atom. The van der Waals surface area contributed by atoms with Gasteiger partial charge in [-0.15, -0.1) is 19.1 Å². The summed E-state index contributed by atoms with van der Waals surface area (Å²) in [5.74, 6) is 0. The molecule has 11 heavy (non-hydrogen) atoms. The Morgan fingerprint density at radius 3 is 2.18 bits per heavy atom. The average Bonchev–Trinajstić information content (AvgIpc) is 2.14. The van der Waals surface area contributed by atoms with Crippen LogP contribution in [0.4, 0.5) is 9.41 Å². The van der Waals surface area contributed by atoms with Gasteiger partial charge in [-0.25, -0.2) is 0 Å². The fourth-order valence-electron chi connectivity index (χ4n) is 0.737. The van der Waals surface area contributed by atoms with Crippen LogP contribution in [0.2, 0.25) is 0 Å². The van der Waals surface area contributed by atoms with Gasteiger partial charge in [-0.2, -0.15) is 11.1 Å². The Balaban J connectivity index is -0.000000213. The maximum Gasteiger partial charge on any atom is 0 e. The Kier molecular flexibility index (Phi) is 11.7. The van der Waals surface area contributed by atoms with Crippen LogP contribution in [0.25, 0.3) is 0 Å².